The van der Waals surface area contributed by atoms with Gasteiger partial charge in [0, 0.05) is 0 Å². The van der Waals surface area contributed by atoms with Crippen molar-refractivity contribution in [2.75, 3.05) is 0 Å². The van der Waals surface area contributed by atoms with Gasteiger partial charge in [-0.05, 0) is 19.3 Å². The Morgan fingerprint density at radius 2 is 2.00 bits per heavy atom. The van der Waals surface area contributed by atoms with Crippen LogP contribution in [0.25, 0.3) is 0 Å². The fraction of sp³-hybridized carbons (Fsp3) is 0.778. The van der Waals surface area contributed by atoms with Gasteiger partial charge in [-0.25, -0.2) is 0 Å². The summed E-state index contributed by atoms with van der Waals surface area (Å²) >= 11 is 0. The third kappa shape index (κ3) is 2.54. The summed E-state index contributed by atoms with van der Waals surface area (Å²) in [6.45, 7) is 5.19. The summed E-state index contributed by atoms with van der Waals surface area (Å²) in [5.41, 5.74) is -0.437. The van der Waals surface area contributed by atoms with E-state index in [1.165, 1.54) is 0 Å². The standard InChI is InChI=1S/C9H16O3S/c1-3-9(7-5-6-8-9)12-13(10,11)4-2/h4H,2-3,5-8H2,1H3. The maximum Gasteiger partial charge on any atom is 0.290 e. The minimum Gasteiger partial charge on any atom is -0.260 e. The summed E-state index contributed by atoms with van der Waals surface area (Å²) in [6, 6.07) is 0. The van der Waals surface area contributed by atoms with E-state index in [9.17, 15) is 8.42 Å². The zero-order chi connectivity index (χ0) is 9.95. The monoisotopic (exact) mass is 204 g/mol. The molecule has 1 fully saturated rings. The minimum absolute atomic E-state index is 0.437. The third-order valence-electron chi connectivity index (χ3n) is 2.66. The van der Waals surface area contributed by atoms with Gasteiger partial charge in [-0.3, -0.25) is 4.18 Å². The van der Waals surface area contributed by atoms with E-state index >= 15 is 0 Å². The molecule has 0 aromatic rings. The van der Waals surface area contributed by atoms with Crippen LogP contribution in [0.15, 0.2) is 12.0 Å². The fourth-order valence-corrected chi connectivity index (χ4v) is 2.64. The summed E-state index contributed by atoms with van der Waals surface area (Å²) in [6.07, 6.45) is 4.55. The van der Waals surface area contributed by atoms with E-state index in [1.807, 2.05) is 6.92 Å². The topological polar surface area (TPSA) is 43.4 Å². The first kappa shape index (κ1) is 10.7. The van der Waals surface area contributed by atoms with Crippen molar-refractivity contribution >= 4 is 10.1 Å². The van der Waals surface area contributed by atoms with Crippen LogP contribution >= 0.6 is 0 Å². The van der Waals surface area contributed by atoms with Gasteiger partial charge >= 0.3 is 0 Å². The lowest BCUT2D eigenvalue weighted by atomic mass is 10.00. The Morgan fingerprint density at radius 3 is 2.38 bits per heavy atom. The molecule has 0 N–H and O–H groups in total. The first-order valence-electron chi connectivity index (χ1n) is 4.62. The van der Waals surface area contributed by atoms with Crippen LogP contribution in [0.5, 0.6) is 0 Å². The van der Waals surface area contributed by atoms with E-state index in [1.54, 1.807) is 0 Å². The van der Waals surface area contributed by atoms with E-state index in [4.69, 9.17) is 4.18 Å². The molecule has 1 aliphatic carbocycles. The molecule has 13 heavy (non-hydrogen) atoms. The smallest absolute Gasteiger partial charge is 0.260 e. The summed E-state index contributed by atoms with van der Waals surface area (Å²) in [5, 5.41) is 0.878. The predicted octanol–water partition coefficient (Wildman–Crippen LogP) is 2.20. The molecule has 0 aromatic carbocycles. The molecular formula is C9H16O3S. The lowest BCUT2D eigenvalue weighted by Crippen LogP contribution is -2.30. The highest BCUT2D eigenvalue weighted by Gasteiger charge is 2.36. The van der Waals surface area contributed by atoms with Crippen molar-refractivity contribution in [1.29, 1.82) is 0 Å². The van der Waals surface area contributed by atoms with Crippen LogP contribution < -0.4 is 0 Å². The van der Waals surface area contributed by atoms with Crippen molar-refractivity contribution in [1.82, 2.24) is 0 Å². The molecule has 0 aliphatic heterocycles. The van der Waals surface area contributed by atoms with E-state index in [-0.39, 0.29) is 0 Å². The molecule has 0 heterocycles. The molecule has 4 heteroatoms. The number of hydrogen-bond acceptors (Lipinski definition) is 3. The van der Waals surface area contributed by atoms with Gasteiger partial charge in [0.1, 0.15) is 0 Å². The predicted molar refractivity (Wildman–Crippen MR) is 51.7 cm³/mol. The Morgan fingerprint density at radius 1 is 1.46 bits per heavy atom. The Kier molecular flexibility index (Phi) is 3.14. The van der Waals surface area contributed by atoms with Crippen LogP contribution in [0.2, 0.25) is 0 Å². The van der Waals surface area contributed by atoms with Gasteiger partial charge in [0.15, 0.2) is 0 Å². The summed E-state index contributed by atoms with van der Waals surface area (Å²) < 4.78 is 27.5. The SMILES string of the molecule is C=CS(=O)(=O)OC1(CC)CCCC1. The molecule has 1 aliphatic rings. The molecule has 1 rings (SSSR count). The van der Waals surface area contributed by atoms with Gasteiger partial charge in [-0.2, -0.15) is 8.42 Å². The van der Waals surface area contributed by atoms with Crippen molar-refractivity contribution in [3.05, 3.63) is 12.0 Å². The Labute approximate surface area is 79.9 Å². The highest BCUT2D eigenvalue weighted by molar-refractivity contribution is 7.89. The molecule has 3 nitrogen and oxygen atoms in total. The number of hydrogen-bond donors (Lipinski definition) is 0. The lowest BCUT2D eigenvalue weighted by Gasteiger charge is -2.25. The first-order valence-corrected chi connectivity index (χ1v) is 6.09. The maximum absolute atomic E-state index is 11.2. The van der Waals surface area contributed by atoms with Crippen molar-refractivity contribution < 1.29 is 12.6 Å². The summed E-state index contributed by atoms with van der Waals surface area (Å²) in [7, 11) is -3.51. The van der Waals surface area contributed by atoms with Gasteiger partial charge in [0.2, 0.25) is 0 Å². The third-order valence-corrected chi connectivity index (χ3v) is 3.65. The zero-order valence-corrected chi connectivity index (χ0v) is 8.77. The maximum atomic E-state index is 11.2. The second-order valence-corrected chi connectivity index (χ2v) is 4.97. The minimum atomic E-state index is -3.51. The van der Waals surface area contributed by atoms with Crippen molar-refractivity contribution in [3.8, 4) is 0 Å². The van der Waals surface area contributed by atoms with Gasteiger partial charge in [0.25, 0.3) is 10.1 Å². The highest BCUT2D eigenvalue weighted by Crippen LogP contribution is 2.37. The van der Waals surface area contributed by atoms with Gasteiger partial charge < -0.3 is 0 Å². The second kappa shape index (κ2) is 3.80. The molecule has 0 radical (unpaired) electrons. The second-order valence-electron chi connectivity index (χ2n) is 3.49. The van der Waals surface area contributed by atoms with Gasteiger partial charge in [-0.1, -0.05) is 26.3 Å². The molecular weight excluding hydrogens is 188 g/mol. The number of rotatable bonds is 4. The molecule has 0 spiro atoms. The average molecular weight is 204 g/mol. The Hall–Kier alpha value is -0.350. The molecule has 0 saturated heterocycles. The summed E-state index contributed by atoms with van der Waals surface area (Å²) in [4.78, 5) is 0. The van der Waals surface area contributed by atoms with E-state index in [0.717, 1.165) is 37.5 Å². The Bertz CT molecular complexity index is 273. The van der Waals surface area contributed by atoms with Crippen LogP contribution in [0, 0.1) is 0 Å². The van der Waals surface area contributed by atoms with Gasteiger partial charge in [0.05, 0.1) is 11.0 Å². The first-order chi connectivity index (χ1) is 6.04. The van der Waals surface area contributed by atoms with Gasteiger partial charge in [-0.15, -0.1) is 0 Å². The molecule has 0 aromatic heterocycles. The fourth-order valence-electron chi connectivity index (χ4n) is 1.80. The molecule has 1 saturated carbocycles. The molecule has 0 amide bonds. The normalized spacial score (nSPS) is 21.6. The lowest BCUT2D eigenvalue weighted by molar-refractivity contribution is 0.0822. The largest absolute Gasteiger partial charge is 0.290 e. The van der Waals surface area contributed by atoms with Crippen molar-refractivity contribution in [3.63, 3.8) is 0 Å². The highest BCUT2D eigenvalue weighted by atomic mass is 32.2. The van der Waals surface area contributed by atoms with Crippen LogP contribution in [-0.2, 0) is 14.3 Å². The quantitative estimate of drug-likeness (QED) is 0.659. The van der Waals surface area contributed by atoms with E-state index in [0.29, 0.717) is 0 Å². The van der Waals surface area contributed by atoms with Crippen LogP contribution in [0.4, 0.5) is 0 Å². The summed E-state index contributed by atoms with van der Waals surface area (Å²) in [5.74, 6) is 0. The van der Waals surface area contributed by atoms with Crippen LogP contribution in [0.1, 0.15) is 39.0 Å². The Balaban J connectivity index is 2.74. The van der Waals surface area contributed by atoms with Crippen LogP contribution in [-0.4, -0.2) is 14.0 Å². The van der Waals surface area contributed by atoms with E-state index in [2.05, 4.69) is 6.58 Å². The van der Waals surface area contributed by atoms with Crippen molar-refractivity contribution in [2.24, 2.45) is 0 Å². The molecule has 0 atom stereocenters. The zero-order valence-electron chi connectivity index (χ0n) is 7.95. The van der Waals surface area contributed by atoms with Crippen LogP contribution in [0.3, 0.4) is 0 Å². The molecule has 76 valence electrons. The average Bonchev–Trinajstić information content (AvgIpc) is 2.53. The molecule has 0 unspecified atom stereocenters. The van der Waals surface area contributed by atoms with Crippen molar-refractivity contribution in [2.45, 2.75) is 44.6 Å². The molecule has 0 bridgehead atoms. The van der Waals surface area contributed by atoms with E-state index < -0.39 is 15.7 Å².